The molecule has 0 aromatic heterocycles. The van der Waals surface area contributed by atoms with E-state index in [0.29, 0.717) is 23.3 Å². The minimum atomic E-state index is -0.378. The number of anilines is 2. The Kier molecular flexibility index (Phi) is 3.87. The van der Waals surface area contributed by atoms with E-state index >= 15 is 0 Å². The van der Waals surface area contributed by atoms with E-state index in [1.165, 1.54) is 24.3 Å². The van der Waals surface area contributed by atoms with Crippen LogP contribution < -0.4 is 10.6 Å². The first-order valence-corrected chi connectivity index (χ1v) is 5.57. The van der Waals surface area contributed by atoms with Gasteiger partial charge in [-0.05, 0) is 36.4 Å². The second-order valence-corrected chi connectivity index (χ2v) is 3.77. The minimum absolute atomic E-state index is 0.332. The molecule has 96 valence electrons. The Morgan fingerprint density at radius 1 is 1.05 bits per heavy atom. The molecule has 0 unspecified atom stereocenters. The molecule has 0 radical (unpaired) electrons. The molecule has 0 heterocycles. The second-order valence-electron chi connectivity index (χ2n) is 3.77. The number of carbonyl (C=O) groups is 2. The van der Waals surface area contributed by atoms with Gasteiger partial charge in [-0.2, -0.15) is 0 Å². The molecule has 4 nitrogen and oxygen atoms in total. The normalized spacial score (nSPS) is 9.74. The minimum Gasteiger partial charge on any atom is -0.328 e. The van der Waals surface area contributed by atoms with Crippen LogP contribution in [0.5, 0.6) is 0 Å². The summed E-state index contributed by atoms with van der Waals surface area (Å²) in [6.07, 6.45) is 0.504. The Balaban J connectivity index is 2.20. The maximum Gasteiger partial charge on any atom is 0.257 e. The number of halogens is 1. The number of rotatable bonds is 4. The molecule has 0 saturated carbocycles. The molecular weight excluding hydrogens is 247 g/mol. The van der Waals surface area contributed by atoms with E-state index in [1.54, 1.807) is 24.3 Å². The standard InChI is InChI=1S/C14H11FN2O2/c15-10-5-7-11(8-6-10)17-14(19)12-3-1-2-4-13(12)16-9-18/h1-9H,(H,16,18)(H,17,19). The summed E-state index contributed by atoms with van der Waals surface area (Å²) >= 11 is 0. The zero-order valence-electron chi connectivity index (χ0n) is 9.89. The molecule has 0 spiro atoms. The second kappa shape index (κ2) is 5.77. The summed E-state index contributed by atoms with van der Waals surface area (Å²) in [6, 6.07) is 12.0. The van der Waals surface area contributed by atoms with Crippen LogP contribution in [0.2, 0.25) is 0 Å². The number of benzene rings is 2. The Morgan fingerprint density at radius 3 is 2.42 bits per heavy atom. The number of hydrogen-bond donors (Lipinski definition) is 2. The van der Waals surface area contributed by atoms with Gasteiger partial charge in [0.2, 0.25) is 6.41 Å². The molecule has 0 aliphatic rings. The zero-order chi connectivity index (χ0) is 13.7. The van der Waals surface area contributed by atoms with E-state index < -0.39 is 0 Å². The first-order chi connectivity index (χ1) is 9.20. The predicted molar refractivity (Wildman–Crippen MR) is 70.5 cm³/mol. The number of carbonyl (C=O) groups excluding carboxylic acids is 2. The molecule has 0 bridgehead atoms. The van der Waals surface area contributed by atoms with Gasteiger partial charge in [-0.3, -0.25) is 9.59 Å². The van der Waals surface area contributed by atoms with Gasteiger partial charge in [-0.25, -0.2) is 4.39 Å². The molecule has 0 fully saturated rings. The van der Waals surface area contributed by atoms with E-state index in [1.807, 2.05) is 0 Å². The van der Waals surface area contributed by atoms with Crippen molar-refractivity contribution in [2.45, 2.75) is 0 Å². The molecule has 2 rings (SSSR count). The molecule has 19 heavy (non-hydrogen) atoms. The first-order valence-electron chi connectivity index (χ1n) is 5.57. The fourth-order valence-electron chi connectivity index (χ4n) is 1.60. The third-order valence-electron chi connectivity index (χ3n) is 2.49. The molecule has 2 N–H and O–H groups in total. The SMILES string of the molecule is O=CNc1ccccc1C(=O)Nc1ccc(F)cc1. The lowest BCUT2D eigenvalue weighted by Crippen LogP contribution is -2.14. The van der Waals surface area contributed by atoms with Crippen molar-refractivity contribution in [2.24, 2.45) is 0 Å². The van der Waals surface area contributed by atoms with Crippen LogP contribution in [0.3, 0.4) is 0 Å². The van der Waals surface area contributed by atoms with Crippen LogP contribution in [0.15, 0.2) is 48.5 Å². The van der Waals surface area contributed by atoms with Crippen molar-refractivity contribution in [1.82, 2.24) is 0 Å². The molecule has 0 aliphatic heterocycles. The van der Waals surface area contributed by atoms with Crippen LogP contribution in [-0.2, 0) is 4.79 Å². The molecular formula is C14H11FN2O2. The van der Waals surface area contributed by atoms with E-state index in [4.69, 9.17) is 0 Å². The highest BCUT2D eigenvalue weighted by Crippen LogP contribution is 2.17. The van der Waals surface area contributed by atoms with Crippen LogP contribution in [0, 0.1) is 5.82 Å². The Labute approximate surface area is 109 Å². The largest absolute Gasteiger partial charge is 0.328 e. The fraction of sp³-hybridized carbons (Fsp3) is 0. The molecule has 0 saturated heterocycles. The van der Waals surface area contributed by atoms with Crippen molar-refractivity contribution in [2.75, 3.05) is 10.6 Å². The quantitative estimate of drug-likeness (QED) is 0.828. The lowest BCUT2D eigenvalue weighted by Gasteiger charge is -2.09. The van der Waals surface area contributed by atoms with Crippen molar-refractivity contribution in [3.63, 3.8) is 0 Å². The highest BCUT2D eigenvalue weighted by atomic mass is 19.1. The average molecular weight is 258 g/mol. The smallest absolute Gasteiger partial charge is 0.257 e. The summed E-state index contributed by atoms with van der Waals surface area (Å²) in [6.45, 7) is 0. The Bertz CT molecular complexity index is 597. The zero-order valence-corrected chi connectivity index (χ0v) is 9.89. The van der Waals surface area contributed by atoms with Gasteiger partial charge < -0.3 is 10.6 Å². The molecule has 2 amide bonds. The van der Waals surface area contributed by atoms with Crippen molar-refractivity contribution >= 4 is 23.7 Å². The summed E-state index contributed by atoms with van der Waals surface area (Å²) in [7, 11) is 0. The highest BCUT2D eigenvalue weighted by Gasteiger charge is 2.10. The molecule has 2 aromatic rings. The van der Waals surface area contributed by atoms with Crippen molar-refractivity contribution in [3.05, 3.63) is 59.9 Å². The van der Waals surface area contributed by atoms with Crippen molar-refractivity contribution in [1.29, 1.82) is 0 Å². The lowest BCUT2D eigenvalue weighted by molar-refractivity contribution is -0.105. The summed E-state index contributed by atoms with van der Waals surface area (Å²) in [5.74, 6) is -0.752. The first kappa shape index (κ1) is 12.8. The topological polar surface area (TPSA) is 58.2 Å². The average Bonchev–Trinajstić information content (AvgIpc) is 2.42. The molecule has 5 heteroatoms. The van der Waals surface area contributed by atoms with E-state index in [-0.39, 0.29) is 11.7 Å². The van der Waals surface area contributed by atoms with Crippen molar-refractivity contribution < 1.29 is 14.0 Å². The monoisotopic (exact) mass is 258 g/mol. The number of amides is 2. The highest BCUT2D eigenvalue weighted by molar-refractivity contribution is 6.08. The molecule has 2 aromatic carbocycles. The van der Waals surface area contributed by atoms with Gasteiger partial charge in [-0.1, -0.05) is 12.1 Å². The Morgan fingerprint density at radius 2 is 1.74 bits per heavy atom. The fourth-order valence-corrected chi connectivity index (χ4v) is 1.60. The molecule has 0 atom stereocenters. The van der Waals surface area contributed by atoms with E-state index in [2.05, 4.69) is 10.6 Å². The van der Waals surface area contributed by atoms with E-state index in [0.717, 1.165) is 0 Å². The Hall–Kier alpha value is -2.69. The van der Waals surface area contributed by atoms with Crippen LogP contribution in [0.25, 0.3) is 0 Å². The summed E-state index contributed by atoms with van der Waals surface area (Å²) in [5.41, 5.74) is 1.23. The van der Waals surface area contributed by atoms with Crippen LogP contribution in [0.1, 0.15) is 10.4 Å². The summed E-state index contributed by atoms with van der Waals surface area (Å²) < 4.78 is 12.7. The third-order valence-corrected chi connectivity index (χ3v) is 2.49. The van der Waals surface area contributed by atoms with Gasteiger partial charge in [0.05, 0.1) is 11.3 Å². The van der Waals surface area contributed by atoms with Gasteiger partial charge in [0.15, 0.2) is 0 Å². The van der Waals surface area contributed by atoms with Gasteiger partial charge in [0.25, 0.3) is 5.91 Å². The van der Waals surface area contributed by atoms with Crippen LogP contribution >= 0.6 is 0 Å². The maximum atomic E-state index is 12.7. The summed E-state index contributed by atoms with van der Waals surface area (Å²) in [5, 5.41) is 5.07. The van der Waals surface area contributed by atoms with Crippen molar-refractivity contribution in [3.8, 4) is 0 Å². The molecule has 0 aliphatic carbocycles. The van der Waals surface area contributed by atoms with Gasteiger partial charge in [0, 0.05) is 5.69 Å². The van der Waals surface area contributed by atoms with Gasteiger partial charge in [-0.15, -0.1) is 0 Å². The third kappa shape index (κ3) is 3.16. The lowest BCUT2D eigenvalue weighted by atomic mass is 10.1. The number of hydrogen-bond acceptors (Lipinski definition) is 2. The van der Waals surface area contributed by atoms with Crippen LogP contribution in [0.4, 0.5) is 15.8 Å². The van der Waals surface area contributed by atoms with Gasteiger partial charge >= 0.3 is 0 Å². The maximum absolute atomic E-state index is 12.7. The summed E-state index contributed by atoms with van der Waals surface area (Å²) in [4.78, 5) is 22.5. The predicted octanol–water partition coefficient (Wildman–Crippen LogP) is 2.65. The van der Waals surface area contributed by atoms with Crippen LogP contribution in [-0.4, -0.2) is 12.3 Å². The van der Waals surface area contributed by atoms with E-state index in [9.17, 15) is 14.0 Å². The van der Waals surface area contributed by atoms with Gasteiger partial charge in [0.1, 0.15) is 5.82 Å². The number of para-hydroxylation sites is 1. The number of nitrogens with one attached hydrogen (secondary N) is 2.